The maximum atomic E-state index is 4.36. The van der Waals surface area contributed by atoms with Crippen LogP contribution in [0, 0.1) is 12.8 Å². The fraction of sp³-hybridized carbons (Fsp3) is 0.571. The Balaban J connectivity index is 0.00000200. The zero-order chi connectivity index (χ0) is 13.8. The molecular weight excluding hydrogens is 274 g/mol. The standard InChI is InChI=1S/C14H23N5.ClH/c1-11(2)8-19-9-13(6-16-19)5-15-7-14-10-18(4)17-12(14)3;/h6,9-11,15H,5,7-8H2,1-4H3;1H. The highest BCUT2D eigenvalue weighted by atomic mass is 35.5. The second kappa shape index (κ2) is 7.45. The molecule has 2 heterocycles. The maximum Gasteiger partial charge on any atom is 0.0638 e. The van der Waals surface area contributed by atoms with Crippen LogP contribution < -0.4 is 5.32 Å². The number of halogens is 1. The average Bonchev–Trinajstić information content (AvgIpc) is 2.86. The van der Waals surface area contributed by atoms with E-state index in [0.29, 0.717) is 5.92 Å². The van der Waals surface area contributed by atoms with Gasteiger partial charge in [-0.25, -0.2) is 0 Å². The molecule has 0 saturated carbocycles. The van der Waals surface area contributed by atoms with E-state index in [1.54, 1.807) is 0 Å². The number of nitrogens with zero attached hydrogens (tertiary/aromatic N) is 4. The molecule has 20 heavy (non-hydrogen) atoms. The Hall–Kier alpha value is -1.33. The molecule has 0 spiro atoms. The Morgan fingerprint density at radius 3 is 2.60 bits per heavy atom. The van der Waals surface area contributed by atoms with Crippen LogP contribution in [0.2, 0.25) is 0 Å². The van der Waals surface area contributed by atoms with Gasteiger partial charge in [0.1, 0.15) is 0 Å². The molecule has 0 radical (unpaired) electrons. The van der Waals surface area contributed by atoms with Crippen LogP contribution in [0.1, 0.15) is 30.7 Å². The molecule has 2 aromatic heterocycles. The lowest BCUT2D eigenvalue weighted by Gasteiger charge is -2.04. The molecular formula is C14H24ClN5. The summed E-state index contributed by atoms with van der Waals surface area (Å²) < 4.78 is 3.87. The summed E-state index contributed by atoms with van der Waals surface area (Å²) in [5.74, 6) is 0.624. The molecule has 5 nitrogen and oxygen atoms in total. The summed E-state index contributed by atoms with van der Waals surface area (Å²) in [4.78, 5) is 0. The minimum atomic E-state index is 0. The first kappa shape index (κ1) is 16.7. The molecule has 112 valence electrons. The SMILES string of the molecule is Cc1nn(C)cc1CNCc1cnn(CC(C)C)c1.Cl. The maximum absolute atomic E-state index is 4.36. The third-order valence-electron chi connectivity index (χ3n) is 3.00. The van der Waals surface area contributed by atoms with Crippen LogP contribution in [-0.2, 0) is 26.7 Å². The molecule has 1 N–H and O–H groups in total. The van der Waals surface area contributed by atoms with Crippen molar-refractivity contribution in [2.75, 3.05) is 0 Å². The predicted octanol–water partition coefficient (Wildman–Crippen LogP) is 2.29. The van der Waals surface area contributed by atoms with Crippen molar-refractivity contribution < 1.29 is 0 Å². The summed E-state index contributed by atoms with van der Waals surface area (Å²) in [7, 11) is 1.95. The third kappa shape index (κ3) is 4.65. The van der Waals surface area contributed by atoms with Crippen LogP contribution in [0.3, 0.4) is 0 Å². The van der Waals surface area contributed by atoms with Crippen molar-refractivity contribution in [3.8, 4) is 0 Å². The smallest absolute Gasteiger partial charge is 0.0638 e. The van der Waals surface area contributed by atoms with Gasteiger partial charge in [0.05, 0.1) is 11.9 Å². The summed E-state index contributed by atoms with van der Waals surface area (Å²) in [6.07, 6.45) is 6.11. The summed E-state index contributed by atoms with van der Waals surface area (Å²) >= 11 is 0. The quantitative estimate of drug-likeness (QED) is 0.890. The molecule has 0 bridgehead atoms. The molecule has 0 aliphatic heterocycles. The Kier molecular flexibility index (Phi) is 6.23. The fourth-order valence-corrected chi connectivity index (χ4v) is 2.14. The van der Waals surface area contributed by atoms with Gasteiger partial charge in [0.2, 0.25) is 0 Å². The molecule has 0 aromatic carbocycles. The van der Waals surface area contributed by atoms with E-state index >= 15 is 0 Å². The van der Waals surface area contributed by atoms with Crippen molar-refractivity contribution in [2.45, 2.75) is 40.4 Å². The van der Waals surface area contributed by atoms with Gasteiger partial charge in [0.15, 0.2) is 0 Å². The van der Waals surface area contributed by atoms with Gasteiger partial charge >= 0.3 is 0 Å². The molecule has 0 unspecified atom stereocenters. The topological polar surface area (TPSA) is 47.7 Å². The van der Waals surface area contributed by atoms with Crippen molar-refractivity contribution in [2.24, 2.45) is 13.0 Å². The number of nitrogens with one attached hydrogen (secondary N) is 1. The summed E-state index contributed by atoms with van der Waals surface area (Å²) in [6, 6.07) is 0. The second-order valence-corrected chi connectivity index (χ2v) is 5.48. The van der Waals surface area contributed by atoms with Crippen LogP contribution in [0.5, 0.6) is 0 Å². The Bertz CT molecular complexity index is 529. The fourth-order valence-electron chi connectivity index (χ4n) is 2.14. The van der Waals surface area contributed by atoms with E-state index in [2.05, 4.69) is 41.8 Å². The molecule has 2 rings (SSSR count). The van der Waals surface area contributed by atoms with Crippen LogP contribution in [-0.4, -0.2) is 19.6 Å². The highest BCUT2D eigenvalue weighted by Crippen LogP contribution is 2.05. The average molecular weight is 298 g/mol. The zero-order valence-electron chi connectivity index (χ0n) is 12.6. The zero-order valence-corrected chi connectivity index (χ0v) is 13.4. The molecule has 0 amide bonds. The lowest BCUT2D eigenvalue weighted by Crippen LogP contribution is -2.12. The van der Waals surface area contributed by atoms with Crippen LogP contribution >= 0.6 is 12.4 Å². The highest BCUT2D eigenvalue weighted by Gasteiger charge is 2.04. The van der Waals surface area contributed by atoms with Gasteiger partial charge in [-0.05, 0) is 12.8 Å². The molecule has 0 aliphatic rings. The normalized spacial score (nSPS) is 10.8. The van der Waals surface area contributed by atoms with Crippen molar-refractivity contribution in [1.29, 1.82) is 0 Å². The largest absolute Gasteiger partial charge is 0.308 e. The van der Waals surface area contributed by atoms with E-state index in [-0.39, 0.29) is 12.4 Å². The van der Waals surface area contributed by atoms with Crippen molar-refractivity contribution >= 4 is 12.4 Å². The summed E-state index contributed by atoms with van der Waals surface area (Å²) in [5, 5.41) is 12.1. The van der Waals surface area contributed by atoms with Gasteiger partial charge in [-0.2, -0.15) is 10.2 Å². The number of hydrogen-bond donors (Lipinski definition) is 1. The van der Waals surface area contributed by atoms with Crippen molar-refractivity contribution in [1.82, 2.24) is 24.9 Å². The lowest BCUT2D eigenvalue weighted by molar-refractivity contribution is 0.482. The van der Waals surface area contributed by atoms with Gasteiger partial charge in [-0.15, -0.1) is 12.4 Å². The van der Waals surface area contributed by atoms with Gasteiger partial charge in [0.25, 0.3) is 0 Å². The predicted molar refractivity (Wildman–Crippen MR) is 82.8 cm³/mol. The Labute approximate surface area is 126 Å². The third-order valence-corrected chi connectivity index (χ3v) is 3.00. The van der Waals surface area contributed by atoms with E-state index in [1.807, 2.05) is 29.5 Å². The van der Waals surface area contributed by atoms with Crippen LogP contribution in [0.4, 0.5) is 0 Å². The number of aromatic nitrogens is 4. The van der Waals surface area contributed by atoms with Gasteiger partial charge in [0, 0.05) is 50.2 Å². The number of rotatable bonds is 6. The first-order valence-corrected chi connectivity index (χ1v) is 6.75. The summed E-state index contributed by atoms with van der Waals surface area (Å²) in [5.41, 5.74) is 3.56. The molecule has 0 fully saturated rings. The highest BCUT2D eigenvalue weighted by molar-refractivity contribution is 5.85. The van der Waals surface area contributed by atoms with E-state index in [4.69, 9.17) is 0 Å². The van der Waals surface area contributed by atoms with Crippen molar-refractivity contribution in [3.63, 3.8) is 0 Å². The molecule has 6 heteroatoms. The van der Waals surface area contributed by atoms with E-state index in [9.17, 15) is 0 Å². The van der Waals surface area contributed by atoms with E-state index in [1.165, 1.54) is 11.1 Å². The van der Waals surface area contributed by atoms with Gasteiger partial charge in [-0.1, -0.05) is 13.8 Å². The minimum absolute atomic E-state index is 0. The van der Waals surface area contributed by atoms with Crippen LogP contribution in [0.15, 0.2) is 18.6 Å². The van der Waals surface area contributed by atoms with Crippen molar-refractivity contribution in [3.05, 3.63) is 35.4 Å². The first-order chi connectivity index (χ1) is 9.04. The molecule has 2 aromatic rings. The van der Waals surface area contributed by atoms with Gasteiger partial charge < -0.3 is 5.32 Å². The molecule has 0 saturated heterocycles. The monoisotopic (exact) mass is 297 g/mol. The lowest BCUT2D eigenvalue weighted by atomic mass is 10.2. The Morgan fingerprint density at radius 2 is 2.00 bits per heavy atom. The number of aryl methyl sites for hydroxylation is 2. The molecule has 0 aliphatic carbocycles. The summed E-state index contributed by atoms with van der Waals surface area (Å²) in [6.45, 7) is 9.09. The molecule has 0 atom stereocenters. The van der Waals surface area contributed by atoms with E-state index in [0.717, 1.165) is 25.3 Å². The van der Waals surface area contributed by atoms with E-state index < -0.39 is 0 Å². The first-order valence-electron chi connectivity index (χ1n) is 6.75. The van der Waals surface area contributed by atoms with Crippen LogP contribution in [0.25, 0.3) is 0 Å². The Morgan fingerprint density at radius 1 is 1.25 bits per heavy atom. The minimum Gasteiger partial charge on any atom is -0.308 e. The van der Waals surface area contributed by atoms with Gasteiger partial charge in [-0.3, -0.25) is 9.36 Å². The number of hydrogen-bond acceptors (Lipinski definition) is 3. The second-order valence-electron chi connectivity index (χ2n) is 5.48.